The van der Waals surface area contributed by atoms with E-state index in [4.69, 9.17) is 0 Å². The van der Waals surface area contributed by atoms with Gasteiger partial charge in [0, 0.05) is 19.6 Å². The molecular formula is C15H26N2O4. The van der Waals surface area contributed by atoms with Crippen molar-refractivity contribution in [3.63, 3.8) is 0 Å². The zero-order valence-electron chi connectivity index (χ0n) is 12.8. The molecule has 120 valence electrons. The Balaban J connectivity index is 1.98. The fourth-order valence-electron chi connectivity index (χ4n) is 3.21. The summed E-state index contributed by atoms with van der Waals surface area (Å²) >= 11 is 0. The molecule has 1 unspecified atom stereocenters. The van der Waals surface area contributed by atoms with Gasteiger partial charge in [0.15, 0.2) is 0 Å². The number of hydrogen-bond donors (Lipinski definition) is 2. The number of piperidine rings is 1. The Labute approximate surface area is 125 Å². The van der Waals surface area contributed by atoms with Gasteiger partial charge < -0.3 is 20.0 Å². The first-order valence-corrected chi connectivity index (χ1v) is 7.88. The van der Waals surface area contributed by atoms with Crippen molar-refractivity contribution >= 4 is 12.0 Å². The molecule has 0 aliphatic carbocycles. The van der Waals surface area contributed by atoms with Gasteiger partial charge in [-0.05, 0) is 32.6 Å². The number of aliphatic carboxylic acids is 1. The van der Waals surface area contributed by atoms with Gasteiger partial charge in [-0.3, -0.25) is 4.79 Å². The molecule has 6 heteroatoms. The first-order valence-electron chi connectivity index (χ1n) is 7.88. The molecule has 2 aliphatic rings. The third-order valence-electron chi connectivity index (χ3n) is 4.99. The first-order chi connectivity index (χ1) is 9.98. The van der Waals surface area contributed by atoms with Gasteiger partial charge in [-0.15, -0.1) is 0 Å². The van der Waals surface area contributed by atoms with Crippen molar-refractivity contribution in [2.24, 2.45) is 5.41 Å². The van der Waals surface area contributed by atoms with Crippen LogP contribution in [0.4, 0.5) is 4.79 Å². The van der Waals surface area contributed by atoms with Crippen LogP contribution in [0, 0.1) is 5.41 Å². The second-order valence-electron chi connectivity index (χ2n) is 6.51. The van der Waals surface area contributed by atoms with Crippen molar-refractivity contribution < 1.29 is 19.8 Å². The topological polar surface area (TPSA) is 81.1 Å². The summed E-state index contributed by atoms with van der Waals surface area (Å²) in [5.74, 6) is -0.780. The second kappa shape index (κ2) is 6.64. The molecule has 2 rings (SSSR count). The summed E-state index contributed by atoms with van der Waals surface area (Å²) < 4.78 is 0. The number of amides is 2. The van der Waals surface area contributed by atoms with E-state index >= 15 is 0 Å². The zero-order chi connectivity index (χ0) is 15.5. The Morgan fingerprint density at radius 1 is 1.14 bits per heavy atom. The second-order valence-corrected chi connectivity index (χ2v) is 6.51. The number of likely N-dealkylation sites (tertiary alicyclic amines) is 2. The van der Waals surface area contributed by atoms with Gasteiger partial charge in [0.25, 0.3) is 0 Å². The number of hydrogen-bond acceptors (Lipinski definition) is 3. The van der Waals surface area contributed by atoms with Crippen LogP contribution in [-0.4, -0.2) is 64.3 Å². The molecule has 2 aliphatic heterocycles. The lowest BCUT2D eigenvalue weighted by molar-refractivity contribution is -0.150. The molecule has 2 heterocycles. The van der Waals surface area contributed by atoms with Crippen LogP contribution in [0.15, 0.2) is 0 Å². The minimum atomic E-state index is -0.780. The predicted molar refractivity (Wildman–Crippen MR) is 78.0 cm³/mol. The van der Waals surface area contributed by atoms with Gasteiger partial charge in [-0.1, -0.05) is 12.8 Å². The maximum Gasteiger partial charge on any atom is 0.320 e. The molecule has 2 N–H and O–H groups in total. The van der Waals surface area contributed by atoms with Crippen molar-refractivity contribution in [3.8, 4) is 0 Å². The number of aliphatic hydroxyl groups is 1. The van der Waals surface area contributed by atoms with Crippen LogP contribution in [0.5, 0.6) is 0 Å². The highest BCUT2D eigenvalue weighted by Gasteiger charge is 2.39. The van der Waals surface area contributed by atoms with E-state index in [1.54, 1.807) is 16.7 Å². The predicted octanol–water partition coefficient (Wildman–Crippen LogP) is 1.53. The summed E-state index contributed by atoms with van der Waals surface area (Å²) in [6, 6.07) is -0.129. The molecule has 0 aromatic rings. The highest BCUT2D eigenvalue weighted by molar-refractivity contribution is 5.77. The number of rotatable bonds is 2. The quantitative estimate of drug-likeness (QED) is 0.810. The Bertz CT molecular complexity index is 391. The van der Waals surface area contributed by atoms with E-state index in [1.807, 2.05) is 0 Å². The average molecular weight is 298 g/mol. The lowest BCUT2D eigenvalue weighted by Gasteiger charge is -2.40. The molecule has 0 aromatic heterocycles. The third kappa shape index (κ3) is 3.48. The molecule has 0 bridgehead atoms. The van der Waals surface area contributed by atoms with Gasteiger partial charge in [-0.2, -0.15) is 0 Å². The Morgan fingerprint density at radius 2 is 1.81 bits per heavy atom. The molecule has 6 nitrogen and oxygen atoms in total. The summed E-state index contributed by atoms with van der Waals surface area (Å²) in [7, 11) is 0. The SMILES string of the molecule is CC1(C(=O)O)CCN(C(=O)N2CCCCCC2CO)CC1. The van der Waals surface area contributed by atoms with Crippen molar-refractivity contribution in [1.29, 1.82) is 0 Å². The van der Waals surface area contributed by atoms with Crippen LogP contribution >= 0.6 is 0 Å². The number of nitrogens with zero attached hydrogens (tertiary/aromatic N) is 2. The van der Waals surface area contributed by atoms with Crippen LogP contribution < -0.4 is 0 Å². The van der Waals surface area contributed by atoms with Crippen LogP contribution in [0.25, 0.3) is 0 Å². The summed E-state index contributed by atoms with van der Waals surface area (Å²) in [6.07, 6.45) is 4.95. The number of urea groups is 1. The minimum absolute atomic E-state index is 0.00637. The van der Waals surface area contributed by atoms with E-state index in [9.17, 15) is 19.8 Å². The third-order valence-corrected chi connectivity index (χ3v) is 4.99. The van der Waals surface area contributed by atoms with E-state index in [0.29, 0.717) is 32.5 Å². The molecule has 21 heavy (non-hydrogen) atoms. The molecule has 2 amide bonds. The van der Waals surface area contributed by atoms with E-state index < -0.39 is 11.4 Å². The van der Waals surface area contributed by atoms with Gasteiger partial charge in [-0.25, -0.2) is 4.79 Å². The number of carboxylic acid groups (broad SMARTS) is 1. The first kappa shape index (κ1) is 16.1. The van der Waals surface area contributed by atoms with E-state index in [0.717, 1.165) is 25.7 Å². The lowest BCUT2D eigenvalue weighted by atomic mass is 9.80. The van der Waals surface area contributed by atoms with Crippen LogP contribution in [0.3, 0.4) is 0 Å². The van der Waals surface area contributed by atoms with Crippen molar-refractivity contribution in [1.82, 2.24) is 9.80 Å². The zero-order valence-corrected chi connectivity index (χ0v) is 12.8. The summed E-state index contributed by atoms with van der Waals surface area (Å²) in [5, 5.41) is 18.7. The van der Waals surface area contributed by atoms with Gasteiger partial charge in [0.2, 0.25) is 0 Å². The number of carbonyl (C=O) groups is 2. The molecule has 0 radical (unpaired) electrons. The molecule has 0 spiro atoms. The van der Waals surface area contributed by atoms with Crippen molar-refractivity contribution in [2.75, 3.05) is 26.2 Å². The minimum Gasteiger partial charge on any atom is -0.481 e. The summed E-state index contributed by atoms with van der Waals surface area (Å²) in [6.45, 7) is 3.41. The number of carbonyl (C=O) groups excluding carboxylic acids is 1. The van der Waals surface area contributed by atoms with Crippen molar-refractivity contribution in [3.05, 3.63) is 0 Å². The van der Waals surface area contributed by atoms with Crippen LogP contribution in [0.2, 0.25) is 0 Å². The fourth-order valence-corrected chi connectivity index (χ4v) is 3.21. The molecule has 0 aromatic carbocycles. The van der Waals surface area contributed by atoms with E-state index in [1.165, 1.54) is 0 Å². The largest absolute Gasteiger partial charge is 0.481 e. The summed E-state index contributed by atoms with van der Waals surface area (Å²) in [4.78, 5) is 27.4. The molecule has 2 saturated heterocycles. The van der Waals surface area contributed by atoms with Gasteiger partial charge in [0.05, 0.1) is 18.1 Å². The smallest absolute Gasteiger partial charge is 0.320 e. The number of aliphatic hydroxyl groups excluding tert-OH is 1. The maximum absolute atomic E-state index is 12.6. The Hall–Kier alpha value is -1.30. The number of carboxylic acids is 1. The highest BCUT2D eigenvalue weighted by Crippen LogP contribution is 2.32. The monoisotopic (exact) mass is 298 g/mol. The van der Waals surface area contributed by atoms with E-state index in [-0.39, 0.29) is 18.7 Å². The molecule has 1 atom stereocenters. The van der Waals surface area contributed by atoms with Crippen molar-refractivity contribution in [2.45, 2.75) is 51.5 Å². The Kier molecular flexibility index (Phi) is 5.08. The van der Waals surface area contributed by atoms with Crippen LogP contribution in [-0.2, 0) is 4.79 Å². The Morgan fingerprint density at radius 3 is 2.38 bits per heavy atom. The van der Waals surface area contributed by atoms with Gasteiger partial charge >= 0.3 is 12.0 Å². The highest BCUT2D eigenvalue weighted by atomic mass is 16.4. The summed E-state index contributed by atoms with van der Waals surface area (Å²) in [5.41, 5.74) is -0.716. The molecular weight excluding hydrogens is 272 g/mol. The molecule has 2 fully saturated rings. The van der Waals surface area contributed by atoms with E-state index in [2.05, 4.69) is 0 Å². The normalized spacial score (nSPS) is 26.3. The lowest BCUT2D eigenvalue weighted by Crippen LogP contribution is -2.53. The fraction of sp³-hybridized carbons (Fsp3) is 0.867. The maximum atomic E-state index is 12.6. The van der Waals surface area contributed by atoms with Crippen LogP contribution in [0.1, 0.15) is 45.4 Å². The molecule has 0 saturated carbocycles. The van der Waals surface area contributed by atoms with Gasteiger partial charge in [0.1, 0.15) is 0 Å². The standard InChI is InChI=1S/C15H26N2O4/c1-15(13(19)20)6-9-16(10-7-15)14(21)17-8-4-2-3-5-12(17)11-18/h12,18H,2-11H2,1H3,(H,19,20). The average Bonchev–Trinajstić information content (AvgIpc) is 2.72.